The van der Waals surface area contributed by atoms with E-state index < -0.39 is 6.36 Å². The Balaban J connectivity index is 1.34. The third-order valence-corrected chi connectivity index (χ3v) is 5.42. The summed E-state index contributed by atoms with van der Waals surface area (Å²) < 4.78 is 51.9. The van der Waals surface area contributed by atoms with Gasteiger partial charge in [0.05, 0.1) is 7.11 Å². The number of rotatable bonds is 7. The fourth-order valence-electron chi connectivity index (χ4n) is 3.72. The molecule has 0 saturated carbocycles. The number of carbonyl (C=O) groups is 1. The van der Waals surface area contributed by atoms with E-state index in [1.54, 1.807) is 31.6 Å². The average molecular weight is 488 g/mol. The van der Waals surface area contributed by atoms with E-state index in [0.717, 1.165) is 12.1 Å². The SMILES string of the molecule is COc1cccc(Oc2nccnc2N2CCC(C(=O)Nc3ccc(OC(F)(F)F)cc3)CC2)c1. The van der Waals surface area contributed by atoms with Crippen LogP contribution in [-0.4, -0.2) is 42.4 Å². The molecule has 0 unspecified atom stereocenters. The van der Waals surface area contributed by atoms with Crippen LogP contribution in [0.15, 0.2) is 60.9 Å². The summed E-state index contributed by atoms with van der Waals surface area (Å²) >= 11 is 0. The van der Waals surface area contributed by atoms with Crippen molar-refractivity contribution in [1.82, 2.24) is 9.97 Å². The van der Waals surface area contributed by atoms with Crippen molar-refractivity contribution in [3.05, 3.63) is 60.9 Å². The number of nitrogens with one attached hydrogen (secondary N) is 1. The maximum absolute atomic E-state index is 12.7. The van der Waals surface area contributed by atoms with Gasteiger partial charge in [-0.15, -0.1) is 13.2 Å². The van der Waals surface area contributed by atoms with Crippen LogP contribution in [0.25, 0.3) is 0 Å². The number of nitrogens with zero attached hydrogens (tertiary/aromatic N) is 3. The van der Waals surface area contributed by atoms with E-state index >= 15 is 0 Å². The molecule has 0 radical (unpaired) electrons. The lowest BCUT2D eigenvalue weighted by atomic mass is 9.96. The zero-order valence-corrected chi connectivity index (χ0v) is 18.8. The second-order valence-corrected chi connectivity index (χ2v) is 7.79. The number of aromatic nitrogens is 2. The van der Waals surface area contributed by atoms with E-state index in [9.17, 15) is 18.0 Å². The number of hydrogen-bond acceptors (Lipinski definition) is 7. The summed E-state index contributed by atoms with van der Waals surface area (Å²) in [6.45, 7) is 1.12. The molecule has 1 aromatic heterocycles. The number of benzene rings is 2. The summed E-state index contributed by atoms with van der Waals surface area (Å²) in [7, 11) is 1.57. The second kappa shape index (κ2) is 10.5. The van der Waals surface area contributed by atoms with Crippen LogP contribution >= 0.6 is 0 Å². The van der Waals surface area contributed by atoms with Crippen molar-refractivity contribution in [2.45, 2.75) is 19.2 Å². The van der Waals surface area contributed by atoms with E-state index in [1.807, 2.05) is 17.0 Å². The summed E-state index contributed by atoms with van der Waals surface area (Å²) in [6, 6.07) is 12.2. The minimum Gasteiger partial charge on any atom is -0.497 e. The maximum atomic E-state index is 12.7. The van der Waals surface area contributed by atoms with Crippen molar-refractivity contribution < 1.29 is 32.2 Å². The lowest BCUT2D eigenvalue weighted by Crippen LogP contribution is -2.38. The van der Waals surface area contributed by atoms with Crippen LogP contribution in [0, 0.1) is 5.92 Å². The van der Waals surface area contributed by atoms with Gasteiger partial charge in [-0.3, -0.25) is 4.79 Å². The van der Waals surface area contributed by atoms with Gasteiger partial charge in [0.15, 0.2) is 5.82 Å². The first-order valence-electron chi connectivity index (χ1n) is 10.9. The summed E-state index contributed by atoms with van der Waals surface area (Å²) in [6.07, 6.45) is -0.504. The van der Waals surface area contributed by atoms with Gasteiger partial charge in [0.1, 0.15) is 17.2 Å². The number of ether oxygens (including phenoxy) is 3. The second-order valence-electron chi connectivity index (χ2n) is 7.79. The minimum absolute atomic E-state index is 0.193. The Kier molecular flexibility index (Phi) is 7.23. The van der Waals surface area contributed by atoms with Crippen LogP contribution < -0.4 is 24.4 Å². The highest BCUT2D eigenvalue weighted by molar-refractivity contribution is 5.92. The van der Waals surface area contributed by atoms with Gasteiger partial charge in [-0.1, -0.05) is 6.07 Å². The third kappa shape index (κ3) is 6.52. The molecule has 1 saturated heterocycles. The standard InChI is InChI=1S/C24H23F3N4O4/c1-33-19-3-2-4-20(15-19)34-23-21(28-11-12-29-23)31-13-9-16(10-14-31)22(32)30-17-5-7-18(8-6-17)35-24(25,26)27/h2-8,11-12,15-16H,9-10,13-14H2,1H3,(H,30,32). The molecule has 11 heteroatoms. The van der Waals surface area contributed by atoms with Crippen LogP contribution in [0.2, 0.25) is 0 Å². The van der Waals surface area contributed by atoms with E-state index in [4.69, 9.17) is 9.47 Å². The number of piperidine rings is 1. The van der Waals surface area contributed by atoms with Crippen molar-refractivity contribution in [2.24, 2.45) is 5.92 Å². The fourth-order valence-corrected chi connectivity index (χ4v) is 3.72. The van der Waals surface area contributed by atoms with Gasteiger partial charge in [0.25, 0.3) is 5.88 Å². The van der Waals surface area contributed by atoms with E-state index in [2.05, 4.69) is 20.0 Å². The van der Waals surface area contributed by atoms with Gasteiger partial charge in [-0.2, -0.15) is 0 Å². The molecule has 0 bridgehead atoms. The van der Waals surface area contributed by atoms with Crippen LogP contribution in [-0.2, 0) is 4.79 Å². The molecule has 3 aromatic rings. The fraction of sp³-hybridized carbons (Fsp3) is 0.292. The van der Waals surface area contributed by atoms with Gasteiger partial charge in [-0.25, -0.2) is 9.97 Å². The highest BCUT2D eigenvalue weighted by atomic mass is 19.4. The number of amides is 1. The van der Waals surface area contributed by atoms with Gasteiger partial charge in [0, 0.05) is 43.2 Å². The first kappa shape index (κ1) is 24.1. The third-order valence-electron chi connectivity index (χ3n) is 5.42. The number of carbonyl (C=O) groups excluding carboxylic acids is 1. The lowest BCUT2D eigenvalue weighted by molar-refractivity contribution is -0.274. The summed E-state index contributed by atoms with van der Waals surface area (Å²) in [5, 5.41) is 2.75. The van der Waals surface area contributed by atoms with Crippen LogP contribution in [0.5, 0.6) is 23.1 Å². The number of hydrogen-bond donors (Lipinski definition) is 1. The summed E-state index contributed by atoms with van der Waals surface area (Å²) in [5.41, 5.74) is 0.398. The van der Waals surface area contributed by atoms with Crippen molar-refractivity contribution in [3.63, 3.8) is 0 Å². The van der Waals surface area contributed by atoms with Gasteiger partial charge < -0.3 is 24.4 Å². The predicted molar refractivity (Wildman–Crippen MR) is 122 cm³/mol. The molecule has 8 nitrogen and oxygen atoms in total. The molecule has 1 fully saturated rings. The molecule has 2 heterocycles. The number of methoxy groups -OCH3 is 1. The van der Waals surface area contributed by atoms with Crippen LogP contribution in [0.4, 0.5) is 24.7 Å². The monoisotopic (exact) mass is 488 g/mol. The quantitative estimate of drug-likeness (QED) is 0.499. The van der Waals surface area contributed by atoms with E-state index in [1.165, 1.54) is 12.1 Å². The Morgan fingerprint density at radius 2 is 1.69 bits per heavy atom. The van der Waals surface area contributed by atoms with Crippen molar-refractivity contribution >= 4 is 17.4 Å². The molecule has 1 aliphatic rings. The number of halogens is 3. The maximum Gasteiger partial charge on any atom is 0.573 e. The normalized spacial score (nSPS) is 14.3. The predicted octanol–water partition coefficient (Wildman–Crippen LogP) is 5.03. The minimum atomic E-state index is -4.76. The molecule has 1 aliphatic heterocycles. The highest BCUT2D eigenvalue weighted by Crippen LogP contribution is 2.32. The van der Waals surface area contributed by atoms with Gasteiger partial charge in [0.2, 0.25) is 5.91 Å². The van der Waals surface area contributed by atoms with Crippen molar-refractivity contribution in [3.8, 4) is 23.1 Å². The van der Waals surface area contributed by atoms with Crippen LogP contribution in [0.3, 0.4) is 0 Å². The smallest absolute Gasteiger partial charge is 0.497 e. The molecule has 1 N–H and O–H groups in total. The molecule has 0 atom stereocenters. The Labute approximate surface area is 199 Å². The molecule has 184 valence electrons. The molecule has 35 heavy (non-hydrogen) atoms. The van der Waals surface area contributed by atoms with Gasteiger partial charge >= 0.3 is 6.36 Å². The largest absolute Gasteiger partial charge is 0.573 e. The Morgan fingerprint density at radius 1 is 1.00 bits per heavy atom. The first-order chi connectivity index (χ1) is 16.8. The van der Waals surface area contributed by atoms with E-state index in [0.29, 0.717) is 54.8 Å². The van der Waals surface area contributed by atoms with Crippen molar-refractivity contribution in [1.29, 1.82) is 0 Å². The molecule has 1 amide bonds. The average Bonchev–Trinajstić information content (AvgIpc) is 2.85. The molecule has 4 rings (SSSR count). The molecular formula is C24H23F3N4O4. The molecule has 2 aromatic carbocycles. The highest BCUT2D eigenvalue weighted by Gasteiger charge is 2.31. The zero-order valence-electron chi connectivity index (χ0n) is 18.8. The zero-order chi connectivity index (χ0) is 24.8. The Hall–Kier alpha value is -4.02. The Bertz CT molecular complexity index is 1150. The van der Waals surface area contributed by atoms with Crippen LogP contribution in [0.1, 0.15) is 12.8 Å². The molecule has 0 spiro atoms. The van der Waals surface area contributed by atoms with E-state index in [-0.39, 0.29) is 17.6 Å². The van der Waals surface area contributed by atoms with Crippen molar-refractivity contribution in [2.75, 3.05) is 30.4 Å². The summed E-state index contributed by atoms with van der Waals surface area (Å²) in [4.78, 5) is 23.4. The first-order valence-corrected chi connectivity index (χ1v) is 10.9. The molecular weight excluding hydrogens is 465 g/mol. The molecule has 0 aliphatic carbocycles. The lowest BCUT2D eigenvalue weighted by Gasteiger charge is -2.32. The number of alkyl halides is 3. The Morgan fingerprint density at radius 3 is 2.37 bits per heavy atom. The van der Waals surface area contributed by atoms with Gasteiger partial charge in [-0.05, 0) is 49.2 Å². The topological polar surface area (TPSA) is 85.8 Å². The summed E-state index contributed by atoms with van der Waals surface area (Å²) in [5.74, 6) is 1.35. The number of anilines is 2.